The Bertz CT molecular complexity index is 917. The van der Waals surface area contributed by atoms with E-state index < -0.39 is 20.9 Å². The third kappa shape index (κ3) is 4.07. The summed E-state index contributed by atoms with van der Waals surface area (Å²) in [5.41, 5.74) is 0.879. The molecule has 7 heteroatoms. The average molecular weight is 396 g/mol. The summed E-state index contributed by atoms with van der Waals surface area (Å²) in [6.45, 7) is 0.373. The lowest BCUT2D eigenvalue weighted by Crippen LogP contribution is -2.34. The maximum atomic E-state index is 14.1. The van der Waals surface area contributed by atoms with Gasteiger partial charge in [-0.25, -0.2) is 12.8 Å². The van der Waals surface area contributed by atoms with E-state index in [1.807, 2.05) is 0 Å². The van der Waals surface area contributed by atoms with Crippen molar-refractivity contribution >= 4 is 27.3 Å². The molecule has 0 aromatic heterocycles. The van der Waals surface area contributed by atoms with Crippen LogP contribution in [-0.4, -0.2) is 38.1 Å². The molecule has 0 bridgehead atoms. The number of amides is 1. The van der Waals surface area contributed by atoms with Crippen LogP contribution in [0.2, 0.25) is 5.02 Å². The number of hydrogen-bond donors (Lipinski definition) is 0. The van der Waals surface area contributed by atoms with Gasteiger partial charge in [0.05, 0.1) is 17.4 Å². The van der Waals surface area contributed by atoms with E-state index in [9.17, 15) is 17.6 Å². The largest absolute Gasteiger partial charge is 0.341 e. The van der Waals surface area contributed by atoms with Crippen molar-refractivity contribution in [2.75, 3.05) is 18.8 Å². The summed E-state index contributed by atoms with van der Waals surface area (Å²) >= 11 is 6.10. The van der Waals surface area contributed by atoms with Gasteiger partial charge in [0.1, 0.15) is 5.82 Å². The third-order valence-electron chi connectivity index (χ3n) is 4.64. The van der Waals surface area contributed by atoms with Gasteiger partial charge in [0.15, 0.2) is 9.84 Å². The summed E-state index contributed by atoms with van der Waals surface area (Å²) in [6, 6.07) is 13.0. The van der Waals surface area contributed by atoms with Crippen molar-refractivity contribution in [3.05, 3.63) is 70.5 Å². The van der Waals surface area contributed by atoms with Crippen LogP contribution in [0.3, 0.4) is 0 Å². The van der Waals surface area contributed by atoms with Gasteiger partial charge < -0.3 is 4.90 Å². The van der Waals surface area contributed by atoms with Gasteiger partial charge in [-0.15, -0.1) is 0 Å². The molecular weight excluding hydrogens is 377 g/mol. The standard InChI is InChI=1S/C19H19ClFNO3S/c20-16-7-3-1-5-14(16)13-19(23)22-10-9-18(26(24,25)12-11-22)15-6-2-4-8-17(15)21/h1-8,18H,9-13H2. The molecule has 0 spiro atoms. The van der Waals surface area contributed by atoms with Crippen LogP contribution in [0.5, 0.6) is 0 Å². The van der Waals surface area contributed by atoms with E-state index in [1.165, 1.54) is 23.1 Å². The van der Waals surface area contributed by atoms with Crippen molar-refractivity contribution in [3.63, 3.8) is 0 Å². The highest BCUT2D eigenvalue weighted by molar-refractivity contribution is 7.91. The molecule has 138 valence electrons. The molecule has 0 aliphatic carbocycles. The number of rotatable bonds is 3. The Balaban J connectivity index is 1.77. The Labute approximate surface area is 157 Å². The van der Waals surface area contributed by atoms with Crippen molar-refractivity contribution in [3.8, 4) is 0 Å². The number of benzene rings is 2. The molecule has 2 aromatic rings. The van der Waals surface area contributed by atoms with Crippen LogP contribution >= 0.6 is 11.6 Å². The van der Waals surface area contributed by atoms with Crippen LogP contribution in [-0.2, 0) is 21.1 Å². The number of hydrogen-bond acceptors (Lipinski definition) is 3. The molecule has 1 unspecified atom stereocenters. The van der Waals surface area contributed by atoms with Crippen LogP contribution in [0, 0.1) is 5.82 Å². The van der Waals surface area contributed by atoms with Gasteiger partial charge >= 0.3 is 0 Å². The van der Waals surface area contributed by atoms with Gasteiger partial charge in [-0.3, -0.25) is 4.79 Å². The minimum atomic E-state index is -3.54. The number of carbonyl (C=O) groups is 1. The fraction of sp³-hybridized carbons (Fsp3) is 0.316. The van der Waals surface area contributed by atoms with E-state index >= 15 is 0 Å². The summed E-state index contributed by atoms with van der Waals surface area (Å²) in [5.74, 6) is -0.889. The summed E-state index contributed by atoms with van der Waals surface area (Å²) in [4.78, 5) is 14.1. The predicted molar refractivity (Wildman–Crippen MR) is 99.3 cm³/mol. The first kappa shape index (κ1) is 18.9. The minimum Gasteiger partial charge on any atom is -0.341 e. The van der Waals surface area contributed by atoms with E-state index in [0.717, 1.165) is 0 Å². The van der Waals surface area contributed by atoms with Gasteiger partial charge in [0.2, 0.25) is 5.91 Å². The lowest BCUT2D eigenvalue weighted by atomic mass is 10.1. The summed E-state index contributed by atoms with van der Waals surface area (Å²) in [5, 5.41) is -0.422. The van der Waals surface area contributed by atoms with Crippen LogP contribution in [0.15, 0.2) is 48.5 Å². The maximum Gasteiger partial charge on any atom is 0.227 e. The first-order valence-electron chi connectivity index (χ1n) is 8.35. The van der Waals surface area contributed by atoms with Crippen LogP contribution in [0.25, 0.3) is 0 Å². The molecule has 1 heterocycles. The zero-order chi connectivity index (χ0) is 18.7. The SMILES string of the molecule is O=C(Cc1ccccc1Cl)N1CCC(c2ccccc2F)S(=O)(=O)CC1. The average Bonchev–Trinajstić information content (AvgIpc) is 2.76. The number of sulfone groups is 1. The summed E-state index contributed by atoms with van der Waals surface area (Å²) < 4.78 is 39.3. The second kappa shape index (κ2) is 7.76. The second-order valence-corrected chi connectivity index (χ2v) is 9.02. The minimum absolute atomic E-state index is 0.108. The van der Waals surface area contributed by atoms with Crippen molar-refractivity contribution in [1.29, 1.82) is 0 Å². The van der Waals surface area contributed by atoms with Gasteiger partial charge in [0.25, 0.3) is 0 Å². The molecule has 1 aliphatic rings. The van der Waals surface area contributed by atoms with Crippen molar-refractivity contribution in [2.45, 2.75) is 18.1 Å². The molecule has 1 fully saturated rings. The van der Waals surface area contributed by atoms with Crippen LogP contribution < -0.4 is 0 Å². The molecule has 2 aromatic carbocycles. The number of nitrogens with zero attached hydrogens (tertiary/aromatic N) is 1. The monoisotopic (exact) mass is 395 g/mol. The summed E-state index contributed by atoms with van der Waals surface area (Å²) in [7, 11) is -3.54. The summed E-state index contributed by atoms with van der Waals surface area (Å²) in [6.07, 6.45) is 0.293. The molecule has 1 amide bonds. The fourth-order valence-corrected chi connectivity index (χ4v) is 5.20. The van der Waals surface area contributed by atoms with Gasteiger partial charge in [-0.05, 0) is 24.1 Å². The lowest BCUT2D eigenvalue weighted by Gasteiger charge is -2.20. The number of halogens is 2. The molecule has 1 atom stereocenters. The molecule has 0 radical (unpaired) electrons. The van der Waals surface area contributed by atoms with Crippen molar-refractivity contribution in [1.82, 2.24) is 4.90 Å². The normalized spacial score (nSPS) is 19.8. The second-order valence-electron chi connectivity index (χ2n) is 6.31. The lowest BCUT2D eigenvalue weighted by molar-refractivity contribution is -0.130. The topological polar surface area (TPSA) is 54.5 Å². The number of carbonyl (C=O) groups excluding carboxylic acids is 1. The zero-order valence-corrected chi connectivity index (χ0v) is 15.6. The maximum absolute atomic E-state index is 14.1. The van der Waals surface area contributed by atoms with Gasteiger partial charge in [-0.2, -0.15) is 0 Å². The molecule has 0 N–H and O–H groups in total. The van der Waals surface area contributed by atoms with Gasteiger partial charge in [-0.1, -0.05) is 48.0 Å². The van der Waals surface area contributed by atoms with E-state index in [0.29, 0.717) is 10.6 Å². The Morgan fingerprint density at radius 3 is 2.54 bits per heavy atom. The smallest absolute Gasteiger partial charge is 0.227 e. The molecule has 4 nitrogen and oxygen atoms in total. The highest BCUT2D eigenvalue weighted by Crippen LogP contribution is 2.31. The Morgan fingerprint density at radius 1 is 1.12 bits per heavy atom. The van der Waals surface area contributed by atoms with Crippen LogP contribution in [0.1, 0.15) is 22.8 Å². The highest BCUT2D eigenvalue weighted by Gasteiger charge is 2.34. The molecule has 1 saturated heterocycles. The van der Waals surface area contributed by atoms with Gasteiger partial charge in [0, 0.05) is 23.7 Å². The molecule has 26 heavy (non-hydrogen) atoms. The molecule has 3 rings (SSSR count). The molecular formula is C19H19ClFNO3S. The third-order valence-corrected chi connectivity index (χ3v) is 7.12. The fourth-order valence-electron chi connectivity index (χ4n) is 3.20. The predicted octanol–water partition coefficient (Wildman–Crippen LogP) is 3.41. The first-order valence-corrected chi connectivity index (χ1v) is 10.4. The Hall–Kier alpha value is -1.92. The Morgan fingerprint density at radius 2 is 1.81 bits per heavy atom. The first-order chi connectivity index (χ1) is 12.4. The molecule has 0 saturated carbocycles. The van der Waals surface area contributed by atoms with Crippen LogP contribution in [0.4, 0.5) is 4.39 Å². The van der Waals surface area contributed by atoms with E-state index in [4.69, 9.17) is 11.6 Å². The van der Waals surface area contributed by atoms with Crippen molar-refractivity contribution in [2.24, 2.45) is 0 Å². The Kier molecular flexibility index (Phi) is 5.63. The van der Waals surface area contributed by atoms with E-state index in [-0.39, 0.29) is 43.2 Å². The van der Waals surface area contributed by atoms with Crippen molar-refractivity contribution < 1.29 is 17.6 Å². The highest BCUT2D eigenvalue weighted by atomic mass is 35.5. The van der Waals surface area contributed by atoms with E-state index in [2.05, 4.69) is 0 Å². The zero-order valence-electron chi connectivity index (χ0n) is 14.1. The van der Waals surface area contributed by atoms with E-state index in [1.54, 1.807) is 30.3 Å². The molecule has 1 aliphatic heterocycles. The quantitative estimate of drug-likeness (QED) is 0.800.